The van der Waals surface area contributed by atoms with Gasteiger partial charge in [0.15, 0.2) is 12.1 Å². The summed E-state index contributed by atoms with van der Waals surface area (Å²) < 4.78 is 0. The standard InChI is InChI=1S/C11H12N4O/c1-8(2)11(16)9-5-3-4-6-10(9)15-13-7-12-14-15/h3-8H,1-2H3. The second-order valence-electron chi connectivity index (χ2n) is 3.76. The average molecular weight is 216 g/mol. The summed E-state index contributed by atoms with van der Waals surface area (Å²) in [7, 11) is 0. The molecule has 0 saturated heterocycles. The van der Waals surface area contributed by atoms with E-state index < -0.39 is 0 Å². The molecular formula is C11H12N4O. The van der Waals surface area contributed by atoms with Gasteiger partial charge in [0.2, 0.25) is 0 Å². The number of hydrogen-bond donors (Lipinski definition) is 0. The van der Waals surface area contributed by atoms with E-state index in [2.05, 4.69) is 15.4 Å². The highest BCUT2D eigenvalue weighted by molar-refractivity contribution is 6.00. The molecule has 0 atom stereocenters. The number of carbonyl (C=O) groups excluding carboxylic acids is 1. The van der Waals surface area contributed by atoms with Crippen molar-refractivity contribution in [2.75, 3.05) is 0 Å². The Morgan fingerprint density at radius 3 is 2.69 bits per heavy atom. The fourth-order valence-corrected chi connectivity index (χ4v) is 1.44. The molecule has 5 nitrogen and oxygen atoms in total. The number of aromatic nitrogens is 4. The zero-order valence-corrected chi connectivity index (χ0v) is 9.16. The van der Waals surface area contributed by atoms with E-state index in [9.17, 15) is 4.79 Å². The highest BCUT2D eigenvalue weighted by atomic mass is 16.1. The van der Waals surface area contributed by atoms with Crippen LogP contribution in [0, 0.1) is 5.92 Å². The van der Waals surface area contributed by atoms with Gasteiger partial charge in [-0.1, -0.05) is 26.0 Å². The lowest BCUT2D eigenvalue weighted by Crippen LogP contribution is -2.12. The first-order valence-corrected chi connectivity index (χ1v) is 5.06. The molecule has 0 saturated carbocycles. The Hall–Kier alpha value is -2.04. The second-order valence-corrected chi connectivity index (χ2v) is 3.76. The van der Waals surface area contributed by atoms with Crippen LogP contribution < -0.4 is 0 Å². The summed E-state index contributed by atoms with van der Waals surface area (Å²) >= 11 is 0. The molecule has 0 aliphatic rings. The quantitative estimate of drug-likeness (QED) is 0.729. The first-order chi connectivity index (χ1) is 7.70. The summed E-state index contributed by atoms with van der Waals surface area (Å²) in [6, 6.07) is 7.25. The van der Waals surface area contributed by atoms with E-state index in [1.165, 1.54) is 11.1 Å². The number of benzene rings is 1. The van der Waals surface area contributed by atoms with Crippen molar-refractivity contribution in [3.8, 4) is 5.69 Å². The maximum atomic E-state index is 12.0. The summed E-state index contributed by atoms with van der Waals surface area (Å²) in [5.41, 5.74) is 1.29. The first kappa shape index (κ1) is 10.5. The van der Waals surface area contributed by atoms with Crippen LogP contribution in [0.4, 0.5) is 0 Å². The van der Waals surface area contributed by atoms with Gasteiger partial charge in [-0.25, -0.2) is 0 Å². The van der Waals surface area contributed by atoms with Gasteiger partial charge in [0.1, 0.15) is 0 Å². The van der Waals surface area contributed by atoms with E-state index in [-0.39, 0.29) is 11.7 Å². The van der Waals surface area contributed by atoms with Gasteiger partial charge in [-0.05, 0) is 17.3 Å². The normalized spacial score (nSPS) is 10.7. The van der Waals surface area contributed by atoms with Gasteiger partial charge >= 0.3 is 0 Å². The number of tetrazole rings is 1. The molecule has 0 aliphatic heterocycles. The van der Waals surface area contributed by atoms with Crippen LogP contribution in [0.15, 0.2) is 30.6 Å². The predicted molar refractivity (Wildman–Crippen MR) is 58.3 cm³/mol. The van der Waals surface area contributed by atoms with Crippen molar-refractivity contribution in [3.05, 3.63) is 36.2 Å². The van der Waals surface area contributed by atoms with Gasteiger partial charge in [-0.15, -0.1) is 15.0 Å². The molecule has 0 bridgehead atoms. The van der Waals surface area contributed by atoms with Crippen LogP contribution in [0.1, 0.15) is 24.2 Å². The van der Waals surface area contributed by atoms with Crippen LogP contribution in [0.3, 0.4) is 0 Å². The van der Waals surface area contributed by atoms with Crippen LogP contribution >= 0.6 is 0 Å². The van der Waals surface area contributed by atoms with Crippen molar-refractivity contribution in [1.29, 1.82) is 0 Å². The lowest BCUT2D eigenvalue weighted by Gasteiger charge is -2.08. The summed E-state index contributed by atoms with van der Waals surface area (Å²) in [6.07, 6.45) is 1.34. The van der Waals surface area contributed by atoms with E-state index in [0.717, 1.165) is 0 Å². The minimum absolute atomic E-state index is 0.0512. The number of hydrogen-bond acceptors (Lipinski definition) is 4. The van der Waals surface area contributed by atoms with E-state index in [1.54, 1.807) is 12.1 Å². The molecule has 16 heavy (non-hydrogen) atoms. The van der Waals surface area contributed by atoms with Gasteiger partial charge in [-0.3, -0.25) is 4.79 Å². The summed E-state index contributed by atoms with van der Waals surface area (Å²) in [5.74, 6) is 0.0255. The van der Waals surface area contributed by atoms with Crippen LogP contribution in [0.5, 0.6) is 0 Å². The smallest absolute Gasteiger partial charge is 0.167 e. The number of ketones is 1. The molecule has 5 heteroatoms. The number of para-hydroxylation sites is 1. The van der Waals surface area contributed by atoms with E-state index in [1.807, 2.05) is 26.0 Å². The van der Waals surface area contributed by atoms with Crippen LogP contribution in [-0.2, 0) is 0 Å². The predicted octanol–water partition coefficient (Wildman–Crippen LogP) is 1.50. The number of carbonyl (C=O) groups is 1. The number of rotatable bonds is 3. The average Bonchev–Trinajstić information content (AvgIpc) is 2.81. The van der Waals surface area contributed by atoms with E-state index in [0.29, 0.717) is 11.3 Å². The van der Waals surface area contributed by atoms with Crippen molar-refractivity contribution in [2.24, 2.45) is 5.92 Å². The Bertz CT molecular complexity index is 490. The number of nitrogens with zero attached hydrogens (tertiary/aromatic N) is 4. The molecule has 0 aliphatic carbocycles. The molecule has 1 aromatic carbocycles. The molecule has 0 amide bonds. The highest BCUT2D eigenvalue weighted by Crippen LogP contribution is 2.16. The van der Waals surface area contributed by atoms with E-state index >= 15 is 0 Å². The monoisotopic (exact) mass is 216 g/mol. The molecule has 0 radical (unpaired) electrons. The van der Waals surface area contributed by atoms with Crippen molar-refractivity contribution in [3.63, 3.8) is 0 Å². The van der Waals surface area contributed by atoms with Crippen LogP contribution in [0.25, 0.3) is 5.69 Å². The SMILES string of the molecule is CC(C)C(=O)c1ccccc1-n1ncnn1. The molecule has 0 spiro atoms. The Balaban J connectivity index is 2.51. The lowest BCUT2D eigenvalue weighted by molar-refractivity contribution is 0.0939. The van der Waals surface area contributed by atoms with E-state index in [4.69, 9.17) is 0 Å². The molecule has 1 aromatic heterocycles. The molecule has 0 unspecified atom stereocenters. The zero-order chi connectivity index (χ0) is 11.5. The van der Waals surface area contributed by atoms with Gasteiger partial charge in [0.05, 0.1) is 5.69 Å². The first-order valence-electron chi connectivity index (χ1n) is 5.06. The molecule has 0 fully saturated rings. The molecule has 1 heterocycles. The Morgan fingerprint density at radius 2 is 2.06 bits per heavy atom. The van der Waals surface area contributed by atoms with Gasteiger partial charge < -0.3 is 0 Å². The van der Waals surface area contributed by atoms with Crippen molar-refractivity contribution in [1.82, 2.24) is 20.2 Å². The van der Waals surface area contributed by atoms with Gasteiger partial charge in [0, 0.05) is 11.5 Å². The number of Topliss-reactive ketones (excluding diaryl/α,β-unsaturated/α-hetero) is 1. The molecular weight excluding hydrogens is 204 g/mol. The lowest BCUT2D eigenvalue weighted by atomic mass is 10.00. The Kier molecular flexibility index (Phi) is 2.76. The maximum Gasteiger partial charge on any atom is 0.167 e. The van der Waals surface area contributed by atoms with Crippen molar-refractivity contribution < 1.29 is 4.79 Å². The largest absolute Gasteiger partial charge is 0.294 e. The fraction of sp³-hybridized carbons (Fsp3) is 0.273. The minimum Gasteiger partial charge on any atom is -0.294 e. The maximum absolute atomic E-state index is 12.0. The Labute approximate surface area is 93.1 Å². The third-order valence-electron chi connectivity index (χ3n) is 2.26. The van der Waals surface area contributed by atoms with Gasteiger partial charge in [-0.2, -0.15) is 0 Å². The van der Waals surface area contributed by atoms with Crippen molar-refractivity contribution >= 4 is 5.78 Å². The highest BCUT2D eigenvalue weighted by Gasteiger charge is 2.16. The van der Waals surface area contributed by atoms with Crippen LogP contribution in [0.2, 0.25) is 0 Å². The molecule has 82 valence electrons. The zero-order valence-electron chi connectivity index (χ0n) is 9.16. The molecule has 2 rings (SSSR count). The van der Waals surface area contributed by atoms with Gasteiger partial charge in [0.25, 0.3) is 0 Å². The Morgan fingerprint density at radius 1 is 1.31 bits per heavy atom. The molecule has 0 N–H and O–H groups in total. The minimum atomic E-state index is -0.0512. The second kappa shape index (κ2) is 4.22. The van der Waals surface area contributed by atoms with Crippen molar-refractivity contribution in [2.45, 2.75) is 13.8 Å². The summed E-state index contributed by atoms with van der Waals surface area (Å²) in [5, 5.41) is 11.4. The summed E-state index contributed by atoms with van der Waals surface area (Å²) in [6.45, 7) is 3.74. The topological polar surface area (TPSA) is 60.7 Å². The third kappa shape index (κ3) is 1.84. The molecule has 2 aromatic rings. The fourth-order valence-electron chi connectivity index (χ4n) is 1.44. The van der Waals surface area contributed by atoms with Crippen LogP contribution in [-0.4, -0.2) is 26.0 Å². The third-order valence-corrected chi connectivity index (χ3v) is 2.26. The summed E-state index contributed by atoms with van der Waals surface area (Å²) in [4.78, 5) is 13.3.